The van der Waals surface area contributed by atoms with Gasteiger partial charge in [0.15, 0.2) is 0 Å². The molecule has 0 aliphatic carbocycles. The number of ether oxygens (including phenoxy) is 1. The van der Waals surface area contributed by atoms with Crippen molar-refractivity contribution in [2.75, 3.05) is 13.7 Å². The van der Waals surface area contributed by atoms with Gasteiger partial charge in [0.25, 0.3) is 0 Å². The van der Waals surface area contributed by atoms with Gasteiger partial charge in [-0.2, -0.15) is 5.26 Å². The summed E-state index contributed by atoms with van der Waals surface area (Å²) in [7, 11) is 1.72. The Balaban J connectivity index is 2.16. The zero-order valence-electron chi connectivity index (χ0n) is 11.1. The van der Waals surface area contributed by atoms with Gasteiger partial charge in [0.2, 0.25) is 0 Å². The van der Waals surface area contributed by atoms with Crippen LogP contribution < -0.4 is 0 Å². The quantitative estimate of drug-likeness (QED) is 0.757. The van der Waals surface area contributed by atoms with Crippen LogP contribution in [0.3, 0.4) is 0 Å². The second kappa shape index (κ2) is 6.72. The summed E-state index contributed by atoms with van der Waals surface area (Å²) in [5.74, 6) is 0. The van der Waals surface area contributed by atoms with Gasteiger partial charge in [0.05, 0.1) is 11.6 Å². The molecule has 0 fully saturated rings. The van der Waals surface area contributed by atoms with Crippen molar-refractivity contribution in [2.45, 2.75) is 12.8 Å². The molecule has 2 heteroatoms. The maximum Gasteiger partial charge on any atom is 0.0998 e. The van der Waals surface area contributed by atoms with E-state index in [0.29, 0.717) is 0 Å². The van der Waals surface area contributed by atoms with E-state index in [1.807, 2.05) is 24.3 Å². The summed E-state index contributed by atoms with van der Waals surface area (Å²) in [6.45, 7) is 0.791. The molecule has 2 rings (SSSR count). The van der Waals surface area contributed by atoms with Crippen LogP contribution >= 0.6 is 0 Å². The van der Waals surface area contributed by atoms with Crippen molar-refractivity contribution in [3.05, 3.63) is 59.7 Å². The predicted octanol–water partition coefficient (Wildman–Crippen LogP) is 3.80. The second-order valence-corrected chi connectivity index (χ2v) is 4.45. The Hall–Kier alpha value is -2.11. The van der Waals surface area contributed by atoms with Crippen molar-refractivity contribution in [2.24, 2.45) is 0 Å². The molecule has 0 bridgehead atoms. The van der Waals surface area contributed by atoms with Crippen LogP contribution in [0.1, 0.15) is 17.5 Å². The third-order valence-electron chi connectivity index (χ3n) is 3.13. The summed E-state index contributed by atoms with van der Waals surface area (Å²) in [6, 6.07) is 18.3. The van der Waals surface area contributed by atoms with Crippen molar-refractivity contribution in [3.8, 4) is 17.2 Å². The van der Waals surface area contributed by atoms with E-state index in [4.69, 9.17) is 10.00 Å². The van der Waals surface area contributed by atoms with Gasteiger partial charge < -0.3 is 4.74 Å². The first-order chi connectivity index (χ1) is 9.35. The number of methoxy groups -OCH3 is 1. The van der Waals surface area contributed by atoms with Gasteiger partial charge in [-0.05, 0) is 35.6 Å². The maximum absolute atomic E-state index is 9.11. The molecule has 0 aliphatic rings. The van der Waals surface area contributed by atoms with Crippen LogP contribution in [0.4, 0.5) is 0 Å². The first kappa shape index (κ1) is 13.3. The summed E-state index contributed by atoms with van der Waals surface area (Å²) in [4.78, 5) is 0. The highest BCUT2D eigenvalue weighted by molar-refractivity contribution is 5.70. The second-order valence-electron chi connectivity index (χ2n) is 4.45. The van der Waals surface area contributed by atoms with Crippen molar-refractivity contribution in [1.82, 2.24) is 0 Å². The summed E-state index contributed by atoms with van der Waals surface area (Å²) < 4.78 is 5.05. The van der Waals surface area contributed by atoms with Crippen LogP contribution in [0, 0.1) is 11.3 Å². The molecule has 0 radical (unpaired) electrons. The highest BCUT2D eigenvalue weighted by atomic mass is 16.5. The van der Waals surface area contributed by atoms with Crippen LogP contribution in [0.2, 0.25) is 0 Å². The summed E-state index contributed by atoms with van der Waals surface area (Å²) in [5.41, 5.74) is 4.10. The predicted molar refractivity (Wildman–Crippen MR) is 76.8 cm³/mol. The highest BCUT2D eigenvalue weighted by Crippen LogP contribution is 2.23. The minimum atomic E-state index is 0.717. The fourth-order valence-corrected chi connectivity index (χ4v) is 2.10. The van der Waals surface area contributed by atoms with E-state index in [1.165, 1.54) is 5.56 Å². The zero-order chi connectivity index (χ0) is 13.5. The van der Waals surface area contributed by atoms with E-state index in [9.17, 15) is 0 Å². The van der Waals surface area contributed by atoms with Crippen molar-refractivity contribution in [3.63, 3.8) is 0 Å². The SMILES string of the molecule is COCCCc1ccc(-c2ccccc2C#N)cc1. The molecule has 0 aromatic heterocycles. The van der Waals surface area contributed by atoms with Gasteiger partial charge in [0.1, 0.15) is 0 Å². The van der Waals surface area contributed by atoms with E-state index in [2.05, 4.69) is 30.3 Å². The fourth-order valence-electron chi connectivity index (χ4n) is 2.10. The Bertz CT molecular complexity index is 567. The van der Waals surface area contributed by atoms with Crippen LogP contribution in [-0.4, -0.2) is 13.7 Å². The number of rotatable bonds is 5. The highest BCUT2D eigenvalue weighted by Gasteiger charge is 2.03. The number of hydrogen-bond acceptors (Lipinski definition) is 2. The van der Waals surface area contributed by atoms with Crippen molar-refractivity contribution in [1.29, 1.82) is 5.26 Å². The Morgan fingerprint density at radius 3 is 2.47 bits per heavy atom. The average Bonchev–Trinajstić information content (AvgIpc) is 2.48. The molecule has 0 heterocycles. The Morgan fingerprint density at radius 2 is 1.79 bits per heavy atom. The number of nitriles is 1. The molecule has 0 N–H and O–H groups in total. The van der Waals surface area contributed by atoms with Crippen LogP contribution in [0.5, 0.6) is 0 Å². The largest absolute Gasteiger partial charge is 0.385 e. The van der Waals surface area contributed by atoms with Gasteiger partial charge >= 0.3 is 0 Å². The molecular weight excluding hydrogens is 234 g/mol. The molecule has 0 spiro atoms. The Morgan fingerprint density at radius 1 is 1.05 bits per heavy atom. The molecule has 0 atom stereocenters. The van der Waals surface area contributed by atoms with Crippen LogP contribution in [0.15, 0.2) is 48.5 Å². The lowest BCUT2D eigenvalue weighted by atomic mass is 9.98. The third-order valence-corrected chi connectivity index (χ3v) is 3.13. The number of hydrogen-bond donors (Lipinski definition) is 0. The molecule has 0 amide bonds. The molecule has 96 valence electrons. The smallest absolute Gasteiger partial charge is 0.0998 e. The van der Waals surface area contributed by atoms with Gasteiger partial charge in [0, 0.05) is 13.7 Å². The lowest BCUT2D eigenvalue weighted by Crippen LogP contribution is -1.92. The standard InChI is InChI=1S/C17H17NO/c1-19-12-4-5-14-8-10-15(11-9-14)17-7-3-2-6-16(17)13-18/h2-3,6-11H,4-5,12H2,1H3. The van der Waals surface area contributed by atoms with E-state index in [0.717, 1.165) is 36.1 Å². The molecule has 0 aliphatic heterocycles. The lowest BCUT2D eigenvalue weighted by Gasteiger charge is -2.06. The molecule has 0 unspecified atom stereocenters. The summed E-state index contributed by atoms with van der Waals surface area (Å²) in [5, 5.41) is 9.11. The molecule has 19 heavy (non-hydrogen) atoms. The molecular formula is C17H17NO. The van der Waals surface area contributed by atoms with Crippen molar-refractivity contribution < 1.29 is 4.74 Å². The summed E-state index contributed by atoms with van der Waals surface area (Å²) in [6.07, 6.45) is 2.05. The maximum atomic E-state index is 9.11. The lowest BCUT2D eigenvalue weighted by molar-refractivity contribution is 0.195. The van der Waals surface area contributed by atoms with E-state index in [-0.39, 0.29) is 0 Å². The average molecular weight is 251 g/mol. The summed E-state index contributed by atoms with van der Waals surface area (Å²) >= 11 is 0. The molecule has 2 aromatic carbocycles. The topological polar surface area (TPSA) is 33.0 Å². The zero-order valence-corrected chi connectivity index (χ0v) is 11.1. The fraction of sp³-hybridized carbons (Fsp3) is 0.235. The van der Waals surface area contributed by atoms with Gasteiger partial charge in [-0.3, -0.25) is 0 Å². The van der Waals surface area contributed by atoms with E-state index in [1.54, 1.807) is 7.11 Å². The minimum absolute atomic E-state index is 0.717. The van der Waals surface area contributed by atoms with Gasteiger partial charge in [-0.1, -0.05) is 42.5 Å². The normalized spacial score (nSPS) is 10.1. The number of nitrogens with zero attached hydrogens (tertiary/aromatic N) is 1. The molecule has 2 aromatic rings. The Labute approximate surface area is 114 Å². The third kappa shape index (κ3) is 3.43. The molecule has 0 saturated heterocycles. The van der Waals surface area contributed by atoms with Crippen molar-refractivity contribution >= 4 is 0 Å². The van der Waals surface area contributed by atoms with Gasteiger partial charge in [-0.15, -0.1) is 0 Å². The van der Waals surface area contributed by atoms with Gasteiger partial charge in [-0.25, -0.2) is 0 Å². The van der Waals surface area contributed by atoms with Crippen LogP contribution in [-0.2, 0) is 11.2 Å². The molecule has 2 nitrogen and oxygen atoms in total. The number of benzene rings is 2. The Kier molecular flexibility index (Phi) is 4.72. The number of aryl methyl sites for hydroxylation is 1. The first-order valence-corrected chi connectivity index (χ1v) is 6.42. The van der Waals surface area contributed by atoms with E-state index < -0.39 is 0 Å². The first-order valence-electron chi connectivity index (χ1n) is 6.42. The van der Waals surface area contributed by atoms with E-state index >= 15 is 0 Å². The monoisotopic (exact) mass is 251 g/mol. The minimum Gasteiger partial charge on any atom is -0.385 e. The van der Waals surface area contributed by atoms with Crippen LogP contribution in [0.25, 0.3) is 11.1 Å². The molecule has 0 saturated carbocycles.